The molecule has 2 aromatic heterocycles. The van der Waals surface area contributed by atoms with Crippen LogP contribution in [-0.4, -0.2) is 49.6 Å². The van der Waals surface area contributed by atoms with Gasteiger partial charge in [-0.05, 0) is 31.2 Å². The second-order valence-electron chi connectivity index (χ2n) is 5.68. The molecule has 142 valence electrons. The standard InChI is InChI=1S/C17H23N9O/c1-4-18-17(20-10-15-21-11-22-26(15)2)19-9-14-23-16(25-24-14)12-5-7-13(27-3)8-6-12/h5-8,11H,4,9-10H2,1-3H3,(H2,18,19,20)(H,23,24,25). The lowest BCUT2D eigenvalue weighted by Gasteiger charge is -2.10. The molecule has 3 N–H and O–H groups in total. The van der Waals surface area contributed by atoms with Gasteiger partial charge >= 0.3 is 0 Å². The number of aryl methyl sites for hydroxylation is 1. The van der Waals surface area contributed by atoms with E-state index in [4.69, 9.17) is 4.74 Å². The zero-order chi connectivity index (χ0) is 19.1. The maximum Gasteiger partial charge on any atom is 0.192 e. The molecule has 0 aliphatic rings. The number of ether oxygens (including phenoxy) is 1. The van der Waals surface area contributed by atoms with Gasteiger partial charge in [0, 0.05) is 19.2 Å². The Balaban J connectivity index is 1.63. The predicted octanol–water partition coefficient (Wildman–Crippen LogP) is 0.864. The van der Waals surface area contributed by atoms with Crippen molar-refractivity contribution >= 4 is 5.96 Å². The van der Waals surface area contributed by atoms with Crippen LogP contribution in [0, 0.1) is 0 Å². The summed E-state index contributed by atoms with van der Waals surface area (Å²) in [5.41, 5.74) is 0.912. The van der Waals surface area contributed by atoms with E-state index in [-0.39, 0.29) is 0 Å². The average molecular weight is 369 g/mol. The van der Waals surface area contributed by atoms with Crippen LogP contribution in [0.2, 0.25) is 0 Å². The van der Waals surface area contributed by atoms with Gasteiger partial charge in [0.25, 0.3) is 0 Å². The molecule has 0 spiro atoms. The fraction of sp³-hybridized carbons (Fsp3) is 0.353. The Bertz CT molecular complexity index is 882. The first-order valence-electron chi connectivity index (χ1n) is 8.60. The Kier molecular flexibility index (Phi) is 5.98. The number of aromatic amines is 1. The largest absolute Gasteiger partial charge is 0.497 e. The van der Waals surface area contributed by atoms with Crippen molar-refractivity contribution in [1.82, 2.24) is 40.6 Å². The minimum atomic E-state index is 0.372. The molecule has 0 unspecified atom stereocenters. The number of rotatable bonds is 7. The highest BCUT2D eigenvalue weighted by Gasteiger charge is 2.07. The number of methoxy groups -OCH3 is 1. The van der Waals surface area contributed by atoms with Gasteiger partial charge in [-0.3, -0.25) is 9.78 Å². The van der Waals surface area contributed by atoms with Crippen LogP contribution in [0.25, 0.3) is 11.4 Å². The van der Waals surface area contributed by atoms with E-state index in [1.54, 1.807) is 11.8 Å². The molecular formula is C17H23N9O. The molecule has 1 aromatic carbocycles. The van der Waals surface area contributed by atoms with Gasteiger partial charge in [0.1, 0.15) is 30.3 Å². The van der Waals surface area contributed by atoms with E-state index in [9.17, 15) is 0 Å². The number of hydrogen-bond acceptors (Lipinski definition) is 6. The molecular weight excluding hydrogens is 346 g/mol. The molecule has 0 bridgehead atoms. The molecule has 0 fully saturated rings. The Labute approximate surface area is 157 Å². The monoisotopic (exact) mass is 369 g/mol. The highest BCUT2D eigenvalue weighted by atomic mass is 16.5. The zero-order valence-electron chi connectivity index (χ0n) is 15.6. The first-order valence-corrected chi connectivity index (χ1v) is 8.60. The van der Waals surface area contributed by atoms with Crippen LogP contribution < -0.4 is 15.4 Å². The van der Waals surface area contributed by atoms with Gasteiger partial charge < -0.3 is 15.4 Å². The summed E-state index contributed by atoms with van der Waals surface area (Å²) >= 11 is 0. The van der Waals surface area contributed by atoms with E-state index in [0.29, 0.717) is 30.7 Å². The Morgan fingerprint density at radius 1 is 1.26 bits per heavy atom. The van der Waals surface area contributed by atoms with E-state index in [2.05, 4.69) is 40.9 Å². The summed E-state index contributed by atoms with van der Waals surface area (Å²) in [6, 6.07) is 7.59. The average Bonchev–Trinajstić information content (AvgIpc) is 3.33. The fourth-order valence-corrected chi connectivity index (χ4v) is 2.37. The molecule has 10 heteroatoms. The van der Waals surface area contributed by atoms with Crippen molar-refractivity contribution in [3.05, 3.63) is 42.2 Å². The van der Waals surface area contributed by atoms with Crippen molar-refractivity contribution in [2.45, 2.75) is 20.0 Å². The van der Waals surface area contributed by atoms with E-state index in [1.807, 2.05) is 38.2 Å². The summed E-state index contributed by atoms with van der Waals surface area (Å²) in [6.45, 7) is 3.65. The van der Waals surface area contributed by atoms with Crippen LogP contribution in [0.5, 0.6) is 5.75 Å². The summed E-state index contributed by atoms with van der Waals surface area (Å²) in [4.78, 5) is 13.2. The quantitative estimate of drug-likeness (QED) is 0.418. The highest BCUT2D eigenvalue weighted by Crippen LogP contribution is 2.18. The van der Waals surface area contributed by atoms with Gasteiger partial charge in [0.05, 0.1) is 13.7 Å². The number of nitrogens with one attached hydrogen (secondary N) is 3. The lowest BCUT2D eigenvalue weighted by molar-refractivity contribution is 0.415. The van der Waals surface area contributed by atoms with Crippen molar-refractivity contribution in [3.8, 4) is 17.1 Å². The van der Waals surface area contributed by atoms with Gasteiger partial charge in [0.2, 0.25) is 0 Å². The number of nitrogens with zero attached hydrogens (tertiary/aromatic N) is 6. The maximum absolute atomic E-state index is 5.17. The van der Waals surface area contributed by atoms with Crippen LogP contribution in [0.4, 0.5) is 0 Å². The van der Waals surface area contributed by atoms with Crippen molar-refractivity contribution in [1.29, 1.82) is 0 Å². The van der Waals surface area contributed by atoms with E-state index in [0.717, 1.165) is 23.7 Å². The van der Waals surface area contributed by atoms with Crippen LogP contribution in [0.1, 0.15) is 18.6 Å². The van der Waals surface area contributed by atoms with Gasteiger partial charge in [-0.1, -0.05) is 0 Å². The van der Waals surface area contributed by atoms with Crippen LogP contribution in [-0.2, 0) is 20.1 Å². The van der Waals surface area contributed by atoms with E-state index in [1.165, 1.54) is 6.33 Å². The second kappa shape index (κ2) is 8.79. The highest BCUT2D eigenvalue weighted by molar-refractivity contribution is 5.79. The summed E-state index contributed by atoms with van der Waals surface area (Å²) in [6.07, 6.45) is 1.52. The smallest absolute Gasteiger partial charge is 0.192 e. The molecule has 10 nitrogen and oxygen atoms in total. The molecule has 0 amide bonds. The Morgan fingerprint density at radius 2 is 2.07 bits per heavy atom. The van der Waals surface area contributed by atoms with Gasteiger partial charge in [-0.25, -0.2) is 15.0 Å². The molecule has 0 saturated heterocycles. The van der Waals surface area contributed by atoms with Crippen molar-refractivity contribution in [3.63, 3.8) is 0 Å². The number of guanidine groups is 1. The normalized spacial score (nSPS) is 11.4. The lowest BCUT2D eigenvalue weighted by atomic mass is 10.2. The Morgan fingerprint density at radius 3 is 2.74 bits per heavy atom. The molecule has 27 heavy (non-hydrogen) atoms. The first kappa shape index (κ1) is 18.4. The van der Waals surface area contributed by atoms with E-state index >= 15 is 0 Å². The molecule has 0 atom stereocenters. The third-order valence-corrected chi connectivity index (χ3v) is 3.83. The minimum absolute atomic E-state index is 0.372. The molecule has 2 heterocycles. The van der Waals surface area contributed by atoms with Crippen molar-refractivity contribution < 1.29 is 4.74 Å². The maximum atomic E-state index is 5.17. The SMILES string of the molecule is CCNC(=NCc1nc(-c2ccc(OC)cc2)n[nH]1)NCc1ncnn1C. The van der Waals surface area contributed by atoms with Crippen LogP contribution in [0.3, 0.4) is 0 Å². The zero-order valence-corrected chi connectivity index (χ0v) is 15.6. The van der Waals surface area contributed by atoms with Gasteiger partial charge in [0.15, 0.2) is 11.8 Å². The molecule has 0 aliphatic carbocycles. The number of H-pyrrole nitrogens is 1. The number of aliphatic imine (C=N–C) groups is 1. The Hall–Kier alpha value is -3.43. The second-order valence-corrected chi connectivity index (χ2v) is 5.68. The summed E-state index contributed by atoms with van der Waals surface area (Å²) in [5, 5.41) is 17.7. The topological polar surface area (TPSA) is 118 Å². The lowest BCUT2D eigenvalue weighted by Crippen LogP contribution is -2.37. The molecule has 0 aliphatic heterocycles. The molecule has 3 rings (SSSR count). The molecule has 0 saturated carbocycles. The summed E-state index contributed by atoms with van der Waals surface area (Å²) in [5.74, 6) is 3.59. The first-order chi connectivity index (χ1) is 13.2. The third-order valence-electron chi connectivity index (χ3n) is 3.83. The summed E-state index contributed by atoms with van der Waals surface area (Å²) in [7, 11) is 3.49. The van der Waals surface area contributed by atoms with Crippen molar-refractivity contribution in [2.24, 2.45) is 12.0 Å². The minimum Gasteiger partial charge on any atom is -0.497 e. The van der Waals surface area contributed by atoms with Gasteiger partial charge in [-0.2, -0.15) is 10.2 Å². The molecule has 0 radical (unpaired) electrons. The van der Waals surface area contributed by atoms with E-state index < -0.39 is 0 Å². The predicted molar refractivity (Wildman–Crippen MR) is 101 cm³/mol. The number of benzene rings is 1. The number of aromatic nitrogens is 6. The summed E-state index contributed by atoms with van der Waals surface area (Å²) < 4.78 is 6.88. The molecule has 3 aromatic rings. The van der Waals surface area contributed by atoms with Gasteiger partial charge in [-0.15, -0.1) is 0 Å². The van der Waals surface area contributed by atoms with Crippen LogP contribution in [0.15, 0.2) is 35.6 Å². The van der Waals surface area contributed by atoms with Crippen LogP contribution >= 0.6 is 0 Å². The fourth-order valence-electron chi connectivity index (χ4n) is 2.37. The van der Waals surface area contributed by atoms with Crippen molar-refractivity contribution in [2.75, 3.05) is 13.7 Å². The number of hydrogen-bond donors (Lipinski definition) is 3. The third kappa shape index (κ3) is 4.81.